The lowest BCUT2D eigenvalue weighted by molar-refractivity contribution is 0.503. The van der Waals surface area contributed by atoms with E-state index in [0.29, 0.717) is 0 Å². The van der Waals surface area contributed by atoms with Crippen molar-refractivity contribution in [2.75, 3.05) is 0 Å². The van der Waals surface area contributed by atoms with Gasteiger partial charge in [0.05, 0.1) is 0 Å². The van der Waals surface area contributed by atoms with Gasteiger partial charge in [0.2, 0.25) is 0 Å². The van der Waals surface area contributed by atoms with Crippen LogP contribution in [0.4, 0.5) is 4.39 Å². The fourth-order valence-corrected chi connectivity index (χ4v) is 3.12. The Bertz CT molecular complexity index is 439. The molecule has 4 heteroatoms. The largest absolute Gasteiger partial charge is 0.271 e. The number of benzene rings is 1. The molecule has 0 aliphatic heterocycles. The van der Waals surface area contributed by atoms with Crippen LogP contribution in [0.25, 0.3) is 0 Å². The third-order valence-electron chi connectivity index (χ3n) is 3.53. The van der Waals surface area contributed by atoms with Crippen molar-refractivity contribution in [1.29, 1.82) is 0 Å². The molecule has 1 unspecified atom stereocenters. The van der Waals surface area contributed by atoms with Crippen molar-refractivity contribution in [2.24, 2.45) is 5.84 Å². The molecule has 1 aliphatic carbocycles. The van der Waals surface area contributed by atoms with E-state index in [2.05, 4.69) is 27.4 Å². The lowest BCUT2D eigenvalue weighted by Gasteiger charge is -2.20. The topological polar surface area (TPSA) is 38.0 Å². The maximum Gasteiger partial charge on any atom is 0.124 e. The third-order valence-corrected chi connectivity index (χ3v) is 3.99. The minimum absolute atomic E-state index is 0.165. The minimum Gasteiger partial charge on any atom is -0.271 e. The number of hydrogen-bond acceptors (Lipinski definition) is 2. The number of hydrogen-bond donors (Lipinski definition) is 2. The predicted octanol–water partition coefficient (Wildman–Crippen LogP) is 3.85. The Kier molecular flexibility index (Phi) is 5.55. The zero-order valence-electron chi connectivity index (χ0n) is 11.0. The number of halogens is 2. The molecule has 0 saturated heterocycles. The molecule has 0 bridgehead atoms. The summed E-state index contributed by atoms with van der Waals surface area (Å²) in [7, 11) is 0. The average molecular weight is 327 g/mol. The van der Waals surface area contributed by atoms with Gasteiger partial charge in [-0.1, -0.05) is 27.6 Å². The summed E-state index contributed by atoms with van der Waals surface area (Å²) in [5.74, 6) is 5.42. The molecule has 0 radical (unpaired) electrons. The molecule has 1 aliphatic rings. The molecular weight excluding hydrogens is 307 g/mol. The van der Waals surface area contributed by atoms with Crippen molar-refractivity contribution < 1.29 is 4.39 Å². The van der Waals surface area contributed by atoms with Crippen LogP contribution in [-0.2, 0) is 6.42 Å². The molecule has 1 atom stereocenters. The standard InChI is InChI=1S/C15H20BrFN2/c16-13-6-12(7-14(17)10-13)9-15(19-18)8-11-4-2-1-3-5-11/h4,6-7,10,15,19H,1-3,5,8-9,18H2. The molecule has 0 spiro atoms. The minimum atomic E-state index is -0.211. The van der Waals surface area contributed by atoms with Gasteiger partial charge in [-0.3, -0.25) is 11.3 Å². The van der Waals surface area contributed by atoms with Crippen molar-refractivity contribution in [3.05, 3.63) is 45.7 Å². The molecule has 1 aromatic carbocycles. The lowest BCUT2D eigenvalue weighted by Crippen LogP contribution is -2.37. The summed E-state index contributed by atoms with van der Waals surface area (Å²) in [5.41, 5.74) is 5.30. The Morgan fingerprint density at radius 2 is 2.11 bits per heavy atom. The van der Waals surface area contributed by atoms with Crippen LogP contribution in [0.2, 0.25) is 0 Å². The Hall–Kier alpha value is -0.710. The first kappa shape index (κ1) is 14.7. The first-order chi connectivity index (χ1) is 9.17. The molecule has 1 aromatic rings. The molecule has 0 saturated carbocycles. The zero-order chi connectivity index (χ0) is 13.7. The molecule has 104 valence electrons. The van der Waals surface area contributed by atoms with Gasteiger partial charge >= 0.3 is 0 Å². The molecular formula is C15H20BrFN2. The maximum absolute atomic E-state index is 13.3. The first-order valence-electron chi connectivity index (χ1n) is 6.76. The van der Waals surface area contributed by atoms with Crippen molar-refractivity contribution in [3.8, 4) is 0 Å². The summed E-state index contributed by atoms with van der Waals surface area (Å²) in [4.78, 5) is 0. The number of nitrogens with two attached hydrogens (primary N) is 1. The molecule has 19 heavy (non-hydrogen) atoms. The van der Waals surface area contributed by atoms with E-state index in [0.717, 1.165) is 22.9 Å². The summed E-state index contributed by atoms with van der Waals surface area (Å²) >= 11 is 3.32. The van der Waals surface area contributed by atoms with Gasteiger partial charge in [-0.25, -0.2) is 4.39 Å². The Labute approximate surface area is 122 Å². The first-order valence-corrected chi connectivity index (χ1v) is 7.55. The van der Waals surface area contributed by atoms with Crippen molar-refractivity contribution in [2.45, 2.75) is 44.6 Å². The molecule has 0 amide bonds. The molecule has 0 aromatic heterocycles. The quantitative estimate of drug-likeness (QED) is 0.490. The normalized spacial score (nSPS) is 17.1. The van der Waals surface area contributed by atoms with E-state index in [4.69, 9.17) is 5.84 Å². The van der Waals surface area contributed by atoms with E-state index in [-0.39, 0.29) is 11.9 Å². The van der Waals surface area contributed by atoms with Gasteiger partial charge in [0.25, 0.3) is 0 Å². The monoisotopic (exact) mass is 326 g/mol. The van der Waals surface area contributed by atoms with Crippen molar-refractivity contribution >= 4 is 15.9 Å². The summed E-state index contributed by atoms with van der Waals surface area (Å²) in [6.45, 7) is 0. The summed E-state index contributed by atoms with van der Waals surface area (Å²) in [6.07, 6.45) is 8.93. The third kappa shape index (κ3) is 4.71. The van der Waals surface area contributed by atoms with Gasteiger partial charge < -0.3 is 0 Å². The van der Waals surface area contributed by atoms with E-state index < -0.39 is 0 Å². The van der Waals surface area contributed by atoms with Gasteiger partial charge in [0.1, 0.15) is 5.82 Å². The van der Waals surface area contributed by atoms with Gasteiger partial charge in [0, 0.05) is 10.5 Å². The molecule has 0 fully saturated rings. The van der Waals surface area contributed by atoms with Crippen LogP contribution in [0.3, 0.4) is 0 Å². The van der Waals surface area contributed by atoms with Gasteiger partial charge in [-0.05, 0) is 62.3 Å². The van der Waals surface area contributed by atoms with E-state index in [1.54, 1.807) is 6.07 Å². The second-order valence-corrected chi connectivity index (χ2v) is 6.07. The van der Waals surface area contributed by atoms with Crippen LogP contribution in [0.5, 0.6) is 0 Å². The number of hydrazine groups is 1. The highest BCUT2D eigenvalue weighted by Gasteiger charge is 2.13. The van der Waals surface area contributed by atoms with Crippen LogP contribution in [0.15, 0.2) is 34.3 Å². The van der Waals surface area contributed by atoms with Gasteiger partial charge in [-0.2, -0.15) is 0 Å². The van der Waals surface area contributed by atoms with Gasteiger partial charge in [-0.15, -0.1) is 0 Å². The second-order valence-electron chi connectivity index (χ2n) is 5.16. The Morgan fingerprint density at radius 3 is 2.74 bits per heavy atom. The van der Waals surface area contributed by atoms with E-state index in [1.165, 1.54) is 37.3 Å². The summed E-state index contributed by atoms with van der Waals surface area (Å²) in [5, 5.41) is 0. The van der Waals surface area contributed by atoms with E-state index in [1.807, 2.05) is 6.07 Å². The highest BCUT2D eigenvalue weighted by molar-refractivity contribution is 9.10. The van der Waals surface area contributed by atoms with Crippen molar-refractivity contribution in [1.82, 2.24) is 5.43 Å². The fourth-order valence-electron chi connectivity index (χ4n) is 2.61. The fraction of sp³-hybridized carbons (Fsp3) is 0.467. The van der Waals surface area contributed by atoms with Crippen LogP contribution < -0.4 is 11.3 Å². The molecule has 2 rings (SSSR count). The Morgan fingerprint density at radius 1 is 1.26 bits per heavy atom. The van der Waals surface area contributed by atoms with E-state index in [9.17, 15) is 4.39 Å². The maximum atomic E-state index is 13.3. The van der Waals surface area contributed by atoms with Crippen LogP contribution >= 0.6 is 15.9 Å². The van der Waals surface area contributed by atoms with E-state index >= 15 is 0 Å². The molecule has 2 nitrogen and oxygen atoms in total. The summed E-state index contributed by atoms with van der Waals surface area (Å²) in [6, 6.07) is 5.16. The molecule has 0 heterocycles. The lowest BCUT2D eigenvalue weighted by atomic mass is 9.92. The zero-order valence-corrected chi connectivity index (χ0v) is 12.5. The predicted molar refractivity (Wildman–Crippen MR) is 80.1 cm³/mol. The van der Waals surface area contributed by atoms with Crippen LogP contribution in [0.1, 0.15) is 37.7 Å². The van der Waals surface area contributed by atoms with Gasteiger partial charge in [0.15, 0.2) is 0 Å². The second kappa shape index (κ2) is 7.17. The average Bonchev–Trinajstić information content (AvgIpc) is 2.38. The number of allylic oxidation sites excluding steroid dienone is 1. The Balaban J connectivity index is 1.99. The SMILES string of the molecule is NNC(CC1=CCCCC1)Cc1cc(F)cc(Br)c1. The van der Waals surface area contributed by atoms with Crippen LogP contribution in [0, 0.1) is 5.82 Å². The number of nitrogens with one attached hydrogen (secondary N) is 1. The highest BCUT2D eigenvalue weighted by Crippen LogP contribution is 2.23. The molecule has 3 N–H and O–H groups in total. The number of rotatable bonds is 5. The summed E-state index contributed by atoms with van der Waals surface area (Å²) < 4.78 is 14.1. The highest BCUT2D eigenvalue weighted by atomic mass is 79.9. The smallest absolute Gasteiger partial charge is 0.124 e. The van der Waals surface area contributed by atoms with Crippen molar-refractivity contribution in [3.63, 3.8) is 0 Å². The van der Waals surface area contributed by atoms with Crippen LogP contribution in [-0.4, -0.2) is 6.04 Å².